The third kappa shape index (κ3) is 3.64. The van der Waals surface area contributed by atoms with E-state index in [0.29, 0.717) is 24.2 Å². The Bertz CT molecular complexity index is 598. The number of H-pyrrole nitrogens is 1. The molecule has 8 heteroatoms. The standard InChI is InChI=1S/C14H21N7O/c1-20-7-2-11(3-8-20)21-9-4-12(19-21)18-14(22)17-10-13-15-5-6-16-13/h4-6,9,11H,2-3,7-8,10H2,1H3,(H,15,16)(H2,17,18,19,22). The van der Waals surface area contributed by atoms with Crippen LogP contribution in [0.3, 0.4) is 0 Å². The topological polar surface area (TPSA) is 90.9 Å². The lowest BCUT2D eigenvalue weighted by Gasteiger charge is -2.28. The van der Waals surface area contributed by atoms with Gasteiger partial charge in [-0.1, -0.05) is 0 Å². The third-order valence-electron chi connectivity index (χ3n) is 3.88. The molecule has 0 saturated carbocycles. The van der Waals surface area contributed by atoms with E-state index in [0.717, 1.165) is 25.9 Å². The van der Waals surface area contributed by atoms with Crippen molar-refractivity contribution in [1.82, 2.24) is 30.0 Å². The monoisotopic (exact) mass is 303 g/mol. The number of likely N-dealkylation sites (tertiary alicyclic amines) is 1. The Kier molecular flexibility index (Phi) is 4.38. The van der Waals surface area contributed by atoms with Crippen molar-refractivity contribution < 1.29 is 4.79 Å². The van der Waals surface area contributed by atoms with E-state index in [2.05, 4.69) is 37.6 Å². The molecule has 3 heterocycles. The van der Waals surface area contributed by atoms with E-state index in [4.69, 9.17) is 0 Å². The molecule has 0 bridgehead atoms. The number of rotatable bonds is 4. The van der Waals surface area contributed by atoms with Gasteiger partial charge in [0.2, 0.25) is 0 Å². The highest BCUT2D eigenvalue weighted by Gasteiger charge is 2.19. The van der Waals surface area contributed by atoms with Crippen LogP contribution in [0.2, 0.25) is 0 Å². The molecule has 0 aliphatic carbocycles. The van der Waals surface area contributed by atoms with Crippen molar-refractivity contribution in [3.63, 3.8) is 0 Å². The Labute approximate surface area is 128 Å². The number of aromatic nitrogens is 4. The number of piperidine rings is 1. The Morgan fingerprint density at radius 1 is 1.45 bits per heavy atom. The minimum absolute atomic E-state index is 0.287. The molecule has 1 aliphatic heterocycles. The number of hydrogen-bond acceptors (Lipinski definition) is 4. The van der Waals surface area contributed by atoms with Crippen LogP contribution in [0, 0.1) is 0 Å². The average Bonchev–Trinajstić information content (AvgIpc) is 3.17. The normalized spacial score (nSPS) is 16.6. The number of hydrogen-bond donors (Lipinski definition) is 3. The summed E-state index contributed by atoms with van der Waals surface area (Å²) < 4.78 is 1.95. The second-order valence-electron chi connectivity index (χ2n) is 5.56. The van der Waals surface area contributed by atoms with Crippen LogP contribution in [0.15, 0.2) is 24.7 Å². The largest absolute Gasteiger partial charge is 0.347 e. The molecule has 2 amide bonds. The van der Waals surface area contributed by atoms with Crippen LogP contribution in [0.25, 0.3) is 0 Å². The summed E-state index contributed by atoms with van der Waals surface area (Å²) in [4.78, 5) is 21.1. The zero-order chi connectivity index (χ0) is 15.4. The summed E-state index contributed by atoms with van der Waals surface area (Å²) in [7, 11) is 2.13. The maximum Gasteiger partial charge on any atom is 0.320 e. The lowest BCUT2D eigenvalue weighted by atomic mass is 10.1. The number of carbonyl (C=O) groups is 1. The number of urea groups is 1. The van der Waals surface area contributed by atoms with Gasteiger partial charge in [0.05, 0.1) is 12.6 Å². The lowest BCUT2D eigenvalue weighted by Crippen LogP contribution is -2.32. The minimum Gasteiger partial charge on any atom is -0.347 e. The summed E-state index contributed by atoms with van der Waals surface area (Å²) in [6.07, 6.45) is 7.47. The van der Waals surface area contributed by atoms with Gasteiger partial charge in [-0.3, -0.25) is 10.00 Å². The number of imidazole rings is 1. The van der Waals surface area contributed by atoms with Crippen molar-refractivity contribution >= 4 is 11.8 Å². The Hall–Kier alpha value is -2.35. The van der Waals surface area contributed by atoms with Gasteiger partial charge in [0.1, 0.15) is 5.82 Å². The highest BCUT2D eigenvalue weighted by molar-refractivity contribution is 5.87. The van der Waals surface area contributed by atoms with Crippen LogP contribution in [-0.2, 0) is 6.54 Å². The van der Waals surface area contributed by atoms with Crippen molar-refractivity contribution in [2.24, 2.45) is 0 Å². The molecule has 3 rings (SSSR count). The average molecular weight is 303 g/mol. The van der Waals surface area contributed by atoms with Crippen LogP contribution >= 0.6 is 0 Å². The van der Waals surface area contributed by atoms with E-state index in [1.165, 1.54) is 0 Å². The van der Waals surface area contributed by atoms with Crippen molar-refractivity contribution in [1.29, 1.82) is 0 Å². The molecule has 0 radical (unpaired) electrons. The summed E-state index contributed by atoms with van der Waals surface area (Å²) in [6, 6.07) is 1.95. The molecular weight excluding hydrogens is 282 g/mol. The first-order chi connectivity index (χ1) is 10.7. The van der Waals surface area contributed by atoms with Gasteiger partial charge in [0.25, 0.3) is 0 Å². The highest BCUT2D eigenvalue weighted by atomic mass is 16.2. The van der Waals surface area contributed by atoms with Crippen LogP contribution in [0.4, 0.5) is 10.6 Å². The third-order valence-corrected chi connectivity index (χ3v) is 3.88. The van der Waals surface area contributed by atoms with Crippen LogP contribution in [-0.4, -0.2) is 50.8 Å². The van der Waals surface area contributed by atoms with Crippen molar-refractivity contribution in [2.45, 2.75) is 25.4 Å². The number of aromatic amines is 1. The summed E-state index contributed by atoms with van der Waals surface area (Å²) >= 11 is 0. The van der Waals surface area contributed by atoms with E-state index in [9.17, 15) is 4.79 Å². The summed E-state index contributed by atoms with van der Waals surface area (Å²) in [6.45, 7) is 2.52. The number of carbonyl (C=O) groups excluding carboxylic acids is 1. The molecule has 2 aromatic rings. The SMILES string of the molecule is CN1CCC(n2ccc(NC(=O)NCc3ncc[nH]3)n2)CC1. The van der Waals surface area contributed by atoms with E-state index < -0.39 is 0 Å². The quantitative estimate of drug-likeness (QED) is 0.791. The zero-order valence-corrected chi connectivity index (χ0v) is 12.6. The molecule has 0 aromatic carbocycles. The molecule has 1 aliphatic rings. The Morgan fingerprint density at radius 2 is 2.27 bits per heavy atom. The zero-order valence-electron chi connectivity index (χ0n) is 12.6. The molecule has 0 atom stereocenters. The maximum absolute atomic E-state index is 11.8. The lowest BCUT2D eigenvalue weighted by molar-refractivity contribution is 0.212. The van der Waals surface area contributed by atoms with Gasteiger partial charge < -0.3 is 15.2 Å². The fraction of sp³-hybridized carbons (Fsp3) is 0.500. The van der Waals surface area contributed by atoms with Gasteiger partial charge >= 0.3 is 6.03 Å². The summed E-state index contributed by atoms with van der Waals surface area (Å²) in [5, 5.41) is 9.91. The molecular formula is C14H21N7O. The summed E-state index contributed by atoms with van der Waals surface area (Å²) in [5.74, 6) is 1.28. The van der Waals surface area contributed by atoms with E-state index in [-0.39, 0.29) is 6.03 Å². The number of nitrogens with one attached hydrogen (secondary N) is 3. The Balaban J connectivity index is 1.49. The van der Waals surface area contributed by atoms with Gasteiger partial charge in [0.15, 0.2) is 5.82 Å². The van der Waals surface area contributed by atoms with E-state index in [1.54, 1.807) is 12.4 Å². The molecule has 1 fully saturated rings. The first-order valence-electron chi connectivity index (χ1n) is 7.47. The Morgan fingerprint density at radius 3 is 3.00 bits per heavy atom. The predicted octanol–water partition coefficient (Wildman–Crippen LogP) is 1.19. The van der Waals surface area contributed by atoms with Crippen LogP contribution < -0.4 is 10.6 Å². The van der Waals surface area contributed by atoms with Gasteiger partial charge in [-0.05, 0) is 33.0 Å². The van der Waals surface area contributed by atoms with Crippen molar-refractivity contribution in [3.05, 3.63) is 30.5 Å². The van der Waals surface area contributed by atoms with E-state index >= 15 is 0 Å². The fourth-order valence-electron chi connectivity index (χ4n) is 2.59. The number of nitrogens with zero attached hydrogens (tertiary/aromatic N) is 4. The van der Waals surface area contributed by atoms with Crippen molar-refractivity contribution in [2.75, 3.05) is 25.5 Å². The first-order valence-corrected chi connectivity index (χ1v) is 7.47. The van der Waals surface area contributed by atoms with Crippen LogP contribution in [0.1, 0.15) is 24.7 Å². The molecule has 2 aromatic heterocycles. The minimum atomic E-state index is -0.287. The first kappa shape index (κ1) is 14.6. The number of anilines is 1. The maximum atomic E-state index is 11.8. The van der Waals surface area contributed by atoms with E-state index in [1.807, 2.05) is 16.9 Å². The van der Waals surface area contributed by atoms with Crippen LogP contribution in [0.5, 0.6) is 0 Å². The number of amides is 2. The van der Waals surface area contributed by atoms with Gasteiger partial charge in [0, 0.05) is 24.7 Å². The molecule has 22 heavy (non-hydrogen) atoms. The highest BCUT2D eigenvalue weighted by Crippen LogP contribution is 2.21. The summed E-state index contributed by atoms with van der Waals surface area (Å²) in [5.41, 5.74) is 0. The van der Waals surface area contributed by atoms with Crippen molar-refractivity contribution in [3.8, 4) is 0 Å². The molecule has 1 saturated heterocycles. The molecule has 0 unspecified atom stereocenters. The molecule has 118 valence electrons. The molecule has 8 nitrogen and oxygen atoms in total. The van der Waals surface area contributed by atoms with Gasteiger partial charge in [-0.15, -0.1) is 0 Å². The smallest absolute Gasteiger partial charge is 0.320 e. The molecule has 0 spiro atoms. The van der Waals surface area contributed by atoms with Gasteiger partial charge in [-0.2, -0.15) is 5.10 Å². The van der Waals surface area contributed by atoms with Gasteiger partial charge in [-0.25, -0.2) is 9.78 Å². The predicted molar refractivity (Wildman–Crippen MR) is 82.4 cm³/mol. The second kappa shape index (κ2) is 6.61. The fourth-order valence-corrected chi connectivity index (χ4v) is 2.59. The second-order valence-corrected chi connectivity index (χ2v) is 5.56. The molecule has 3 N–H and O–H groups in total.